The quantitative estimate of drug-likeness (QED) is 0.187. The fourth-order valence-corrected chi connectivity index (χ4v) is 7.43. The molecule has 0 unspecified atom stereocenters. The van der Waals surface area contributed by atoms with Crippen LogP contribution in [0.1, 0.15) is 81.3 Å². The molecule has 3 heteroatoms. The van der Waals surface area contributed by atoms with Crippen LogP contribution >= 0.6 is 0 Å². The molecule has 0 nitrogen and oxygen atoms in total. The van der Waals surface area contributed by atoms with Gasteiger partial charge in [-0.05, 0) is 17.4 Å². The second kappa shape index (κ2) is 16.8. The maximum absolute atomic E-state index is 3.53. The van der Waals surface area contributed by atoms with Crippen LogP contribution in [0.2, 0.25) is 0 Å². The Morgan fingerprint density at radius 1 is 0.620 bits per heavy atom. The Morgan fingerprint density at radius 3 is 1.66 bits per heavy atom. The molecule has 2 aliphatic rings. The van der Waals surface area contributed by atoms with Gasteiger partial charge < -0.3 is 24.8 Å². The van der Waals surface area contributed by atoms with Crippen molar-refractivity contribution in [2.24, 2.45) is 0 Å². The molecule has 0 radical (unpaired) electrons. The summed E-state index contributed by atoms with van der Waals surface area (Å²) in [6, 6.07) is 45.5. The fourth-order valence-electron chi connectivity index (χ4n) is 6.36. The summed E-state index contributed by atoms with van der Waals surface area (Å²) in [5.41, 5.74) is 11.5. The number of allylic oxidation sites excluding steroid dienone is 4. The first-order valence-electron chi connectivity index (χ1n) is 17.0. The van der Waals surface area contributed by atoms with E-state index in [0.29, 0.717) is 0 Å². The van der Waals surface area contributed by atoms with Crippen LogP contribution in [-0.4, -0.2) is 3.21 Å². The molecule has 0 aliphatic heterocycles. The Labute approximate surface area is 326 Å². The molecule has 0 saturated heterocycles. The van der Waals surface area contributed by atoms with Gasteiger partial charge in [0.2, 0.25) is 0 Å². The predicted molar refractivity (Wildman–Crippen MR) is 204 cm³/mol. The van der Waals surface area contributed by atoms with E-state index < -0.39 is 0 Å². The Hall–Kier alpha value is -3.35. The van der Waals surface area contributed by atoms with Gasteiger partial charge in [0.15, 0.2) is 0 Å². The number of benzene rings is 6. The molecule has 252 valence electrons. The van der Waals surface area contributed by atoms with Crippen LogP contribution in [0.5, 0.6) is 0 Å². The summed E-state index contributed by atoms with van der Waals surface area (Å²) < 4.78 is 1.42. The molecule has 0 spiro atoms. The first kappa shape index (κ1) is 39.4. The van der Waals surface area contributed by atoms with Gasteiger partial charge in [-0.25, -0.2) is 12.2 Å². The first-order chi connectivity index (χ1) is 23.0. The fraction of sp³-hybridized carbons (Fsp3) is 0.213. The number of halogens is 2. The summed E-state index contributed by atoms with van der Waals surface area (Å²) in [5, 5.41) is 5.29. The third-order valence-corrected chi connectivity index (χ3v) is 10.6. The molecule has 6 aromatic rings. The minimum atomic E-state index is 0. The van der Waals surface area contributed by atoms with Gasteiger partial charge in [0.1, 0.15) is 0 Å². The zero-order chi connectivity index (χ0) is 33.9. The molecule has 0 amide bonds. The molecule has 50 heavy (non-hydrogen) atoms. The molecule has 0 fully saturated rings. The van der Waals surface area contributed by atoms with Gasteiger partial charge in [-0.1, -0.05) is 76.3 Å². The van der Waals surface area contributed by atoms with Crippen molar-refractivity contribution in [3.63, 3.8) is 0 Å². The molecule has 6 aromatic carbocycles. The summed E-state index contributed by atoms with van der Waals surface area (Å²) in [6.07, 6.45) is 11.0. The van der Waals surface area contributed by atoms with Crippen LogP contribution < -0.4 is 24.8 Å². The van der Waals surface area contributed by atoms with E-state index >= 15 is 0 Å². The van der Waals surface area contributed by atoms with Crippen molar-refractivity contribution in [2.75, 3.05) is 0 Å². The maximum atomic E-state index is 3.53. The molecule has 0 heterocycles. The van der Waals surface area contributed by atoms with Crippen molar-refractivity contribution in [3.8, 4) is 11.1 Å². The molecular weight excluding hydrogens is 727 g/mol. The monoisotopic (exact) mass is 768 g/mol. The number of rotatable bonds is 2. The van der Waals surface area contributed by atoms with Crippen molar-refractivity contribution in [1.82, 2.24) is 0 Å². The Balaban J connectivity index is 0.000000190. The Bertz CT molecular complexity index is 2010. The van der Waals surface area contributed by atoms with Crippen LogP contribution in [0.25, 0.3) is 32.7 Å². The zero-order valence-electron chi connectivity index (χ0n) is 29.9. The van der Waals surface area contributed by atoms with E-state index in [0.717, 1.165) is 12.8 Å². The summed E-state index contributed by atoms with van der Waals surface area (Å²) >= 11 is 1.44. The number of hydrogen-bond donors (Lipinski definition) is 0. The summed E-state index contributed by atoms with van der Waals surface area (Å²) in [7, 11) is 0. The summed E-state index contributed by atoms with van der Waals surface area (Å²) in [4.78, 5) is 0. The van der Waals surface area contributed by atoms with Crippen molar-refractivity contribution in [1.29, 1.82) is 0 Å². The molecule has 0 saturated carbocycles. The molecular formula is C47H44Cl2Zr-2. The summed E-state index contributed by atoms with van der Waals surface area (Å²) in [6.45, 7) is 13.6. The van der Waals surface area contributed by atoms with Gasteiger partial charge in [-0.3, -0.25) is 6.08 Å². The topological polar surface area (TPSA) is 0 Å². The summed E-state index contributed by atoms with van der Waals surface area (Å²) in [5.74, 6) is 0. The number of hydrogen-bond acceptors (Lipinski definition) is 0. The van der Waals surface area contributed by atoms with E-state index in [-0.39, 0.29) is 35.6 Å². The predicted octanol–water partition coefficient (Wildman–Crippen LogP) is 6.08. The third kappa shape index (κ3) is 8.92. The average Bonchev–Trinajstić information content (AvgIpc) is 3.79. The van der Waals surface area contributed by atoms with E-state index in [1.165, 1.54) is 93.5 Å². The molecule has 0 bridgehead atoms. The second-order valence-corrected chi connectivity index (χ2v) is 16.0. The standard InChI is InChI=1S/C21H14.C21H25.C5H5.2ClH.Zr/c1-3-13-20-16(7-1)9-5-11-18(20)15-19-12-6-10-17-8-2-4-14-21(17)19;1-20(2,3)16-9-7-14-11-15-8-10-17(21(4,5)6)13-19(15)18(14)12-16;1-2-4-5-3-1;;;/h1-14H;7,9-10,12-13H,11H2,1-6H3;1-3H,4H2;2*1H;/q;2*-1;;;+2/p-2. The first-order valence-corrected chi connectivity index (χ1v) is 18.2. The number of fused-ring (bicyclic) bond motifs is 5. The normalized spacial score (nSPS) is 12.5. The third-order valence-electron chi connectivity index (χ3n) is 9.23. The molecule has 8 rings (SSSR count). The van der Waals surface area contributed by atoms with Crippen LogP contribution in [-0.2, 0) is 41.5 Å². The van der Waals surface area contributed by atoms with E-state index in [9.17, 15) is 0 Å². The second-order valence-electron chi connectivity index (χ2n) is 14.8. The average molecular weight is 771 g/mol. The van der Waals surface area contributed by atoms with Crippen molar-refractivity contribution < 1.29 is 49.0 Å². The van der Waals surface area contributed by atoms with Crippen LogP contribution in [0.15, 0.2) is 133 Å². The molecule has 0 aromatic heterocycles. The Kier molecular flexibility index (Phi) is 13.2. The van der Waals surface area contributed by atoms with E-state index in [1.807, 2.05) is 12.2 Å². The van der Waals surface area contributed by atoms with Gasteiger partial charge in [-0.15, -0.1) is 12.0 Å². The van der Waals surface area contributed by atoms with Gasteiger partial charge in [-0.2, -0.15) is 35.4 Å². The van der Waals surface area contributed by atoms with Crippen molar-refractivity contribution in [2.45, 2.75) is 65.2 Å². The van der Waals surface area contributed by atoms with E-state index in [1.54, 1.807) is 0 Å². The van der Waals surface area contributed by atoms with Crippen molar-refractivity contribution >= 4 is 24.8 Å². The molecule has 0 atom stereocenters. The Morgan fingerprint density at radius 2 is 1.16 bits per heavy atom. The van der Waals surface area contributed by atoms with Gasteiger partial charge in [0, 0.05) is 0 Å². The van der Waals surface area contributed by atoms with Crippen LogP contribution in [0, 0.1) is 12.1 Å². The van der Waals surface area contributed by atoms with Crippen molar-refractivity contribution in [3.05, 3.63) is 179 Å². The van der Waals surface area contributed by atoms with Gasteiger partial charge in [0.05, 0.1) is 0 Å². The molecule has 2 aliphatic carbocycles. The van der Waals surface area contributed by atoms with Gasteiger partial charge >= 0.3 is 145 Å². The van der Waals surface area contributed by atoms with Crippen LogP contribution in [0.3, 0.4) is 0 Å². The van der Waals surface area contributed by atoms with Crippen LogP contribution in [0.4, 0.5) is 0 Å². The zero-order valence-corrected chi connectivity index (χ0v) is 33.8. The minimum absolute atomic E-state index is 0. The van der Waals surface area contributed by atoms with E-state index in [4.69, 9.17) is 0 Å². The molecule has 0 N–H and O–H groups in total. The SMILES string of the molecule is CC(C)(C)c1c[c-]c2c(c1)-c1cc(C(C)(C)C)ccc1C2.[C-]1=CC=CC1.[Cl-].[Cl-].[Zr+2]=[C](c1cccc2ccccc12)c1cccc2ccccc12. The van der Waals surface area contributed by atoms with E-state index in [2.05, 4.69) is 175 Å². The van der Waals surface area contributed by atoms with Gasteiger partial charge in [0.25, 0.3) is 0 Å².